The van der Waals surface area contributed by atoms with Crippen molar-refractivity contribution in [2.45, 2.75) is 161 Å². The SMILES string of the molecule is C[C@@H]1CN(CC2(NC(=O)NC(C(=O)N3CC4(CC3C(=O)NC3CC5CCC5=C(N)C3=O)C(C)(C)C43CCC3)C(C)(C)C)CCCCC2)C[C@H](C)N1. The van der Waals surface area contributed by atoms with E-state index in [0.29, 0.717) is 37.2 Å². The van der Waals surface area contributed by atoms with Gasteiger partial charge in [0.1, 0.15) is 12.1 Å². The molecule has 7 aliphatic rings. The van der Waals surface area contributed by atoms with Crippen LogP contribution in [-0.4, -0.2) is 95.4 Å². The highest BCUT2D eigenvalue weighted by Crippen LogP contribution is 2.88. The number of nitrogens with zero attached hydrogens (tertiary/aromatic N) is 2. The Morgan fingerprint density at radius 2 is 1.65 bits per heavy atom. The molecule has 0 aromatic rings. The summed E-state index contributed by atoms with van der Waals surface area (Å²) in [7, 11) is 0. The van der Waals surface area contributed by atoms with Gasteiger partial charge in [0.05, 0.1) is 17.3 Å². The number of rotatable bonds is 7. The molecule has 5 aliphatic carbocycles. The van der Waals surface area contributed by atoms with Crippen LogP contribution in [0.5, 0.6) is 0 Å². The molecule has 5 unspecified atom stereocenters. The number of urea groups is 1. The van der Waals surface area contributed by atoms with Gasteiger partial charge in [0.15, 0.2) is 0 Å². The Kier molecular flexibility index (Phi) is 9.16. The summed E-state index contributed by atoms with van der Waals surface area (Å²) in [6, 6.07) is -1.76. The number of Topliss-reactive ketones (excluding diaryl/α,β-unsaturated/α-hetero) is 1. The molecule has 2 heterocycles. The van der Waals surface area contributed by atoms with Gasteiger partial charge >= 0.3 is 6.03 Å². The Balaban J connectivity index is 1.11. The van der Waals surface area contributed by atoms with Gasteiger partial charge in [-0.1, -0.05) is 60.3 Å². The highest BCUT2D eigenvalue weighted by molar-refractivity contribution is 6.03. The number of hydrogen-bond acceptors (Lipinski definition) is 7. The van der Waals surface area contributed by atoms with Crippen LogP contribution >= 0.6 is 0 Å². The number of amides is 4. The van der Waals surface area contributed by atoms with Crippen LogP contribution in [-0.2, 0) is 14.4 Å². The maximum atomic E-state index is 15.0. The summed E-state index contributed by atoms with van der Waals surface area (Å²) >= 11 is 0. The summed E-state index contributed by atoms with van der Waals surface area (Å²) in [6.07, 6.45) is 11.5. The zero-order valence-corrected chi connectivity index (χ0v) is 32.4. The molecule has 6 fully saturated rings. The van der Waals surface area contributed by atoms with Gasteiger partial charge in [-0.2, -0.15) is 0 Å². The van der Waals surface area contributed by atoms with Crippen molar-refractivity contribution in [3.63, 3.8) is 0 Å². The number of carbonyl (C=O) groups is 4. The van der Waals surface area contributed by atoms with E-state index in [-0.39, 0.29) is 51.3 Å². The molecule has 2 aliphatic heterocycles. The van der Waals surface area contributed by atoms with Crippen LogP contribution in [0.4, 0.5) is 4.79 Å². The van der Waals surface area contributed by atoms with Crippen molar-refractivity contribution in [1.82, 2.24) is 31.1 Å². The maximum absolute atomic E-state index is 15.0. The lowest BCUT2D eigenvalue weighted by Gasteiger charge is -2.45. The molecule has 51 heavy (non-hydrogen) atoms. The van der Waals surface area contributed by atoms with Crippen molar-refractivity contribution in [2.24, 2.45) is 33.3 Å². The van der Waals surface area contributed by atoms with E-state index in [9.17, 15) is 19.2 Å². The molecular formula is C40H65N7O4. The number of hydrogen-bond donors (Lipinski definition) is 5. The van der Waals surface area contributed by atoms with Crippen LogP contribution in [0, 0.1) is 27.6 Å². The number of allylic oxidation sites excluding steroid dienone is 1. The Morgan fingerprint density at radius 1 is 0.980 bits per heavy atom. The van der Waals surface area contributed by atoms with Gasteiger partial charge in [-0.3, -0.25) is 19.3 Å². The van der Waals surface area contributed by atoms with Gasteiger partial charge in [0.25, 0.3) is 0 Å². The monoisotopic (exact) mass is 708 g/mol. The molecule has 2 saturated heterocycles. The Labute approximate surface area is 305 Å². The predicted molar refractivity (Wildman–Crippen MR) is 197 cm³/mol. The van der Waals surface area contributed by atoms with Gasteiger partial charge in [0, 0.05) is 43.7 Å². The van der Waals surface area contributed by atoms with E-state index < -0.39 is 23.5 Å². The molecule has 0 radical (unpaired) electrons. The summed E-state index contributed by atoms with van der Waals surface area (Å²) in [5, 5.41) is 13.3. The highest BCUT2D eigenvalue weighted by atomic mass is 16.2. The van der Waals surface area contributed by atoms with Crippen molar-refractivity contribution >= 4 is 23.6 Å². The lowest BCUT2D eigenvalue weighted by atomic mass is 9.69. The van der Waals surface area contributed by atoms with Gasteiger partial charge in [0.2, 0.25) is 17.6 Å². The molecule has 4 saturated carbocycles. The molecule has 0 aromatic heterocycles. The lowest BCUT2D eigenvalue weighted by Crippen LogP contribution is -2.65. The number of ketones is 1. The average Bonchev–Trinajstić information content (AvgIpc) is 3.22. The fourth-order valence-corrected chi connectivity index (χ4v) is 12.1. The number of likely N-dealkylation sites (tertiary alicyclic amines) is 1. The first-order valence-electron chi connectivity index (χ1n) is 20.1. The molecule has 0 aromatic carbocycles. The Hall–Kier alpha value is -2.66. The standard InChI is InChI=1S/C40H65N7O4/c1-24-20-46(21-25(2)42-24)22-38(14-9-8-10-15-38)45-35(51)44-32(36(3,4)5)34(50)47-23-40(37(6,7)39(40)16-11-17-39)19-29(47)33(49)43-28-18-26-12-13-27(26)30(41)31(28)48/h24-26,28-29,32,42H,8-23,41H2,1-7H3,(H,43,49)(H2,44,45,51)/t24-,25+,26?,28?,29?,32?,40?. The number of piperazine rings is 1. The molecule has 7 atom stereocenters. The molecule has 6 N–H and O–H groups in total. The first kappa shape index (κ1) is 36.7. The second kappa shape index (κ2) is 12.7. The van der Waals surface area contributed by atoms with Crippen LogP contribution in [0.1, 0.15) is 126 Å². The average molecular weight is 708 g/mol. The van der Waals surface area contributed by atoms with Crippen molar-refractivity contribution in [3.8, 4) is 0 Å². The van der Waals surface area contributed by atoms with E-state index in [0.717, 1.165) is 83.0 Å². The fourth-order valence-electron chi connectivity index (χ4n) is 12.1. The van der Waals surface area contributed by atoms with Crippen LogP contribution in [0.15, 0.2) is 11.3 Å². The van der Waals surface area contributed by atoms with E-state index in [2.05, 4.69) is 53.9 Å². The molecule has 7 rings (SSSR count). The molecule has 0 bridgehead atoms. The first-order chi connectivity index (χ1) is 23.9. The number of nitrogens with two attached hydrogens (primary N) is 1. The minimum Gasteiger partial charge on any atom is -0.396 e. The largest absolute Gasteiger partial charge is 0.396 e. The van der Waals surface area contributed by atoms with Crippen molar-refractivity contribution < 1.29 is 19.2 Å². The van der Waals surface area contributed by atoms with Gasteiger partial charge in [-0.25, -0.2) is 4.79 Å². The minimum absolute atomic E-state index is 0.00513. The molecular weight excluding hydrogens is 642 g/mol. The molecule has 284 valence electrons. The molecule has 2 spiro atoms. The van der Waals surface area contributed by atoms with E-state index in [1.54, 1.807) is 4.90 Å². The lowest BCUT2D eigenvalue weighted by molar-refractivity contribution is -0.142. The van der Waals surface area contributed by atoms with Crippen molar-refractivity contribution in [1.29, 1.82) is 0 Å². The normalized spacial score (nSPS) is 35.8. The van der Waals surface area contributed by atoms with Gasteiger partial charge in [-0.05, 0) is 93.0 Å². The summed E-state index contributed by atoms with van der Waals surface area (Å²) in [6.45, 7) is 18.1. The molecule has 11 nitrogen and oxygen atoms in total. The van der Waals surface area contributed by atoms with E-state index in [1.807, 2.05) is 20.8 Å². The van der Waals surface area contributed by atoms with Crippen LogP contribution < -0.4 is 27.0 Å². The van der Waals surface area contributed by atoms with Gasteiger partial charge < -0.3 is 31.9 Å². The topological polar surface area (TPSA) is 149 Å². The third-order valence-electron chi connectivity index (χ3n) is 15.2. The smallest absolute Gasteiger partial charge is 0.315 e. The summed E-state index contributed by atoms with van der Waals surface area (Å²) < 4.78 is 0. The third-order valence-corrected chi connectivity index (χ3v) is 15.2. The Morgan fingerprint density at radius 3 is 2.20 bits per heavy atom. The van der Waals surface area contributed by atoms with Crippen LogP contribution in [0.25, 0.3) is 0 Å². The maximum Gasteiger partial charge on any atom is 0.315 e. The van der Waals surface area contributed by atoms with E-state index >= 15 is 0 Å². The van der Waals surface area contributed by atoms with E-state index in [1.165, 1.54) is 6.42 Å². The predicted octanol–water partition coefficient (Wildman–Crippen LogP) is 3.96. The van der Waals surface area contributed by atoms with Crippen molar-refractivity contribution in [2.75, 3.05) is 26.2 Å². The summed E-state index contributed by atoms with van der Waals surface area (Å²) in [5.41, 5.74) is 6.58. The number of fused-ring (bicyclic) bond motifs is 2. The second-order valence-electron chi connectivity index (χ2n) is 19.6. The first-order valence-corrected chi connectivity index (χ1v) is 20.1. The number of nitrogens with one attached hydrogen (secondary N) is 4. The van der Waals surface area contributed by atoms with Gasteiger partial charge in [-0.15, -0.1) is 0 Å². The van der Waals surface area contributed by atoms with Crippen LogP contribution in [0.3, 0.4) is 0 Å². The van der Waals surface area contributed by atoms with Crippen molar-refractivity contribution in [3.05, 3.63) is 11.3 Å². The summed E-state index contributed by atoms with van der Waals surface area (Å²) in [4.78, 5) is 60.9. The van der Waals surface area contributed by atoms with E-state index in [4.69, 9.17) is 5.73 Å². The number of carbonyl (C=O) groups excluding carboxylic acids is 4. The second-order valence-corrected chi connectivity index (χ2v) is 19.6. The molecule has 4 amide bonds. The molecule has 11 heteroatoms. The Bertz CT molecular complexity index is 1460. The summed E-state index contributed by atoms with van der Waals surface area (Å²) in [5.74, 6) is -0.441. The zero-order valence-electron chi connectivity index (χ0n) is 32.4. The fraction of sp³-hybridized carbons (Fsp3) is 0.850. The third kappa shape index (κ3) is 6.00. The highest BCUT2D eigenvalue weighted by Gasteiger charge is 2.85. The minimum atomic E-state index is -0.838. The quantitative estimate of drug-likeness (QED) is 0.269. The zero-order chi connectivity index (χ0) is 36.7. The van der Waals surface area contributed by atoms with Crippen LogP contribution in [0.2, 0.25) is 0 Å².